The molecule has 0 saturated heterocycles. The van der Waals surface area contributed by atoms with E-state index in [4.69, 9.17) is 4.74 Å². The van der Waals surface area contributed by atoms with E-state index in [-0.39, 0.29) is 17.9 Å². The summed E-state index contributed by atoms with van der Waals surface area (Å²) in [5.41, 5.74) is 2.26. The van der Waals surface area contributed by atoms with Crippen molar-refractivity contribution in [3.63, 3.8) is 0 Å². The Morgan fingerprint density at radius 1 is 1.21 bits per heavy atom. The van der Waals surface area contributed by atoms with Crippen LogP contribution in [0, 0.1) is 0 Å². The Bertz CT molecular complexity index is 857. The summed E-state index contributed by atoms with van der Waals surface area (Å²) in [6.07, 6.45) is 3.41. The van der Waals surface area contributed by atoms with Crippen LogP contribution in [0.2, 0.25) is 0 Å². The molecule has 2 heterocycles. The lowest BCUT2D eigenvalue weighted by Crippen LogP contribution is -2.33. The highest BCUT2D eigenvalue weighted by Gasteiger charge is 2.27. The van der Waals surface area contributed by atoms with Gasteiger partial charge in [0, 0.05) is 19.1 Å². The molecule has 0 fully saturated rings. The van der Waals surface area contributed by atoms with E-state index in [2.05, 4.69) is 15.6 Å². The number of hydrogen-bond acceptors (Lipinski definition) is 4. The molecule has 150 valence electrons. The molecule has 0 atom stereocenters. The average Bonchev–Trinajstić information content (AvgIpc) is 3.08. The van der Waals surface area contributed by atoms with Gasteiger partial charge in [0.25, 0.3) is 11.8 Å². The zero-order valence-corrected chi connectivity index (χ0v) is 16.7. The van der Waals surface area contributed by atoms with Crippen molar-refractivity contribution < 1.29 is 14.3 Å². The Hall–Kier alpha value is -2.83. The Balaban J connectivity index is 1.72. The van der Waals surface area contributed by atoms with Crippen LogP contribution in [0.4, 0.5) is 0 Å². The van der Waals surface area contributed by atoms with E-state index in [0.717, 1.165) is 42.8 Å². The molecule has 0 bridgehead atoms. The third-order valence-electron chi connectivity index (χ3n) is 4.83. The molecule has 1 aromatic heterocycles. The van der Waals surface area contributed by atoms with Crippen molar-refractivity contribution >= 4 is 11.8 Å². The number of fused-ring (bicyclic) bond motifs is 1. The highest BCUT2D eigenvalue weighted by Crippen LogP contribution is 2.21. The fourth-order valence-electron chi connectivity index (χ4n) is 3.53. The van der Waals surface area contributed by atoms with Crippen molar-refractivity contribution in [1.29, 1.82) is 0 Å². The van der Waals surface area contributed by atoms with Crippen molar-refractivity contribution in [3.05, 3.63) is 47.0 Å². The standard InChI is InChI=1S/C21H28N4O3/c1-14(2)23-21(27)19-24-18(16-9-6-7-13-25(16)19)20(26)22-12-11-15-8-4-5-10-17(15)28-3/h4-5,8,10,14H,6-7,9,11-13H2,1-3H3,(H,22,26)(H,23,27). The number of carbonyl (C=O) groups excluding carboxylic acids is 2. The molecule has 0 aliphatic carbocycles. The minimum absolute atomic E-state index is 0.0159. The minimum atomic E-state index is -0.232. The van der Waals surface area contributed by atoms with Gasteiger partial charge in [0.1, 0.15) is 11.4 Å². The van der Waals surface area contributed by atoms with Crippen molar-refractivity contribution in [2.75, 3.05) is 13.7 Å². The molecule has 1 aliphatic heterocycles. The third-order valence-corrected chi connectivity index (χ3v) is 4.83. The largest absolute Gasteiger partial charge is 0.496 e. The van der Waals surface area contributed by atoms with E-state index in [1.54, 1.807) is 7.11 Å². The number of para-hydroxylation sites is 1. The van der Waals surface area contributed by atoms with Crippen LogP contribution in [-0.4, -0.2) is 41.1 Å². The second-order valence-electron chi connectivity index (χ2n) is 7.29. The van der Waals surface area contributed by atoms with Crippen molar-refractivity contribution in [2.45, 2.75) is 52.1 Å². The third kappa shape index (κ3) is 4.35. The van der Waals surface area contributed by atoms with E-state index in [0.29, 0.717) is 24.5 Å². The molecule has 3 rings (SSSR count). The number of carbonyl (C=O) groups is 2. The summed E-state index contributed by atoms with van der Waals surface area (Å²) >= 11 is 0. The molecule has 0 radical (unpaired) electrons. The topological polar surface area (TPSA) is 85.2 Å². The molecule has 2 amide bonds. The van der Waals surface area contributed by atoms with E-state index >= 15 is 0 Å². The van der Waals surface area contributed by atoms with Gasteiger partial charge in [-0.15, -0.1) is 0 Å². The molecule has 0 spiro atoms. The van der Waals surface area contributed by atoms with Crippen LogP contribution in [0.5, 0.6) is 5.75 Å². The van der Waals surface area contributed by atoms with Crippen LogP contribution in [0.3, 0.4) is 0 Å². The Labute approximate surface area is 165 Å². The summed E-state index contributed by atoms with van der Waals surface area (Å²) in [4.78, 5) is 29.7. The number of imidazole rings is 1. The van der Waals surface area contributed by atoms with E-state index in [1.807, 2.05) is 42.7 Å². The molecule has 28 heavy (non-hydrogen) atoms. The lowest BCUT2D eigenvalue weighted by molar-refractivity contribution is 0.0927. The highest BCUT2D eigenvalue weighted by molar-refractivity contribution is 5.97. The van der Waals surface area contributed by atoms with Gasteiger partial charge < -0.3 is 19.9 Å². The minimum Gasteiger partial charge on any atom is -0.496 e. The van der Waals surface area contributed by atoms with E-state index < -0.39 is 0 Å². The summed E-state index contributed by atoms with van der Waals surface area (Å²) in [6.45, 7) is 5.00. The first-order valence-electron chi connectivity index (χ1n) is 9.81. The first kappa shape index (κ1) is 19.9. The monoisotopic (exact) mass is 384 g/mol. The summed E-state index contributed by atoms with van der Waals surface area (Å²) in [5.74, 6) is 0.678. The van der Waals surface area contributed by atoms with Gasteiger partial charge in [0.2, 0.25) is 0 Å². The fraction of sp³-hybridized carbons (Fsp3) is 0.476. The molecular weight excluding hydrogens is 356 g/mol. The maximum atomic E-state index is 12.8. The summed E-state index contributed by atoms with van der Waals surface area (Å²) in [7, 11) is 1.64. The maximum absolute atomic E-state index is 12.8. The Kier molecular flexibility index (Phi) is 6.34. The summed E-state index contributed by atoms with van der Waals surface area (Å²) < 4.78 is 7.25. The van der Waals surface area contributed by atoms with Crippen LogP contribution in [0.15, 0.2) is 24.3 Å². The second kappa shape index (κ2) is 8.91. The lowest BCUT2D eigenvalue weighted by atomic mass is 10.1. The quantitative estimate of drug-likeness (QED) is 0.767. The van der Waals surface area contributed by atoms with Gasteiger partial charge in [0.05, 0.1) is 12.8 Å². The Morgan fingerprint density at radius 3 is 2.75 bits per heavy atom. The molecule has 1 aromatic carbocycles. The van der Waals surface area contributed by atoms with Crippen molar-refractivity contribution in [2.24, 2.45) is 0 Å². The number of benzene rings is 1. The number of rotatable bonds is 7. The second-order valence-corrected chi connectivity index (χ2v) is 7.29. The van der Waals surface area contributed by atoms with Gasteiger partial charge in [-0.25, -0.2) is 4.98 Å². The molecule has 7 nitrogen and oxygen atoms in total. The van der Waals surface area contributed by atoms with Gasteiger partial charge in [-0.05, 0) is 51.2 Å². The molecule has 2 aromatic rings. The number of methoxy groups -OCH3 is 1. The lowest BCUT2D eigenvalue weighted by Gasteiger charge is -2.17. The maximum Gasteiger partial charge on any atom is 0.287 e. The first-order valence-corrected chi connectivity index (χ1v) is 9.81. The zero-order valence-electron chi connectivity index (χ0n) is 16.7. The van der Waals surface area contributed by atoms with Crippen LogP contribution in [-0.2, 0) is 19.4 Å². The van der Waals surface area contributed by atoms with Gasteiger partial charge in [-0.1, -0.05) is 18.2 Å². The van der Waals surface area contributed by atoms with E-state index in [1.165, 1.54) is 0 Å². The Morgan fingerprint density at radius 2 is 2.00 bits per heavy atom. The molecule has 0 unspecified atom stereocenters. The molecule has 7 heteroatoms. The molecule has 0 saturated carbocycles. The molecule has 2 N–H and O–H groups in total. The summed E-state index contributed by atoms with van der Waals surface area (Å²) in [6, 6.07) is 7.77. The highest BCUT2D eigenvalue weighted by atomic mass is 16.5. The first-order chi connectivity index (χ1) is 13.5. The van der Waals surface area contributed by atoms with E-state index in [9.17, 15) is 9.59 Å². The van der Waals surface area contributed by atoms with Crippen LogP contribution in [0.1, 0.15) is 59.1 Å². The smallest absolute Gasteiger partial charge is 0.287 e. The number of aromatic nitrogens is 2. The van der Waals surface area contributed by atoms with Crippen molar-refractivity contribution in [1.82, 2.24) is 20.2 Å². The average molecular weight is 384 g/mol. The predicted octanol–water partition coefficient (Wildman–Crippen LogP) is 2.34. The number of nitrogens with zero attached hydrogens (tertiary/aromatic N) is 2. The van der Waals surface area contributed by atoms with Gasteiger partial charge in [-0.2, -0.15) is 0 Å². The molecule has 1 aliphatic rings. The SMILES string of the molecule is COc1ccccc1CCNC(=O)c1nc(C(=O)NC(C)C)n2c1CCCC2. The number of hydrogen-bond donors (Lipinski definition) is 2. The number of amides is 2. The van der Waals surface area contributed by atoms with Crippen LogP contribution < -0.4 is 15.4 Å². The fourth-order valence-corrected chi connectivity index (χ4v) is 3.53. The van der Waals surface area contributed by atoms with Crippen molar-refractivity contribution in [3.8, 4) is 5.75 Å². The summed E-state index contributed by atoms with van der Waals surface area (Å²) in [5, 5.41) is 5.81. The van der Waals surface area contributed by atoms with Gasteiger partial charge >= 0.3 is 0 Å². The normalized spacial score (nSPS) is 13.1. The zero-order chi connectivity index (χ0) is 20.1. The molecular formula is C21H28N4O3. The number of nitrogens with one attached hydrogen (secondary N) is 2. The van der Waals surface area contributed by atoms with Crippen LogP contribution >= 0.6 is 0 Å². The van der Waals surface area contributed by atoms with Gasteiger partial charge in [0.15, 0.2) is 5.82 Å². The number of ether oxygens (including phenoxy) is 1. The predicted molar refractivity (Wildman–Crippen MR) is 107 cm³/mol. The van der Waals surface area contributed by atoms with Crippen LogP contribution in [0.25, 0.3) is 0 Å². The van der Waals surface area contributed by atoms with Gasteiger partial charge in [-0.3, -0.25) is 9.59 Å².